The fourth-order valence-electron chi connectivity index (χ4n) is 1.26. The Morgan fingerprint density at radius 2 is 2.41 bits per heavy atom. The second-order valence-corrected chi connectivity index (χ2v) is 4.25. The van der Waals surface area contributed by atoms with Crippen LogP contribution in [0.25, 0.3) is 11.6 Å². The normalized spacial score (nSPS) is 10.5. The number of furan rings is 1. The summed E-state index contributed by atoms with van der Waals surface area (Å²) >= 11 is 1.33. The molecule has 0 atom stereocenters. The predicted molar refractivity (Wildman–Crippen MR) is 63.5 cm³/mol. The zero-order chi connectivity index (χ0) is 12.3. The molecular formula is C10H12N4O2S. The number of nitrogens with one attached hydrogen (secondary N) is 1. The van der Waals surface area contributed by atoms with Crippen LogP contribution in [0.2, 0.25) is 0 Å². The Labute approximate surface area is 102 Å². The van der Waals surface area contributed by atoms with Gasteiger partial charge in [0.1, 0.15) is 0 Å². The molecule has 2 rings (SSSR count). The summed E-state index contributed by atoms with van der Waals surface area (Å²) in [5.41, 5.74) is 0. The molecule has 6 nitrogen and oxygen atoms in total. The third-order valence-electron chi connectivity index (χ3n) is 2.19. The van der Waals surface area contributed by atoms with Crippen molar-refractivity contribution in [1.29, 1.82) is 0 Å². The van der Waals surface area contributed by atoms with Gasteiger partial charge in [0.2, 0.25) is 5.91 Å². The number of amides is 1. The number of hydrogen-bond acceptors (Lipinski definition) is 5. The van der Waals surface area contributed by atoms with Gasteiger partial charge in [0.05, 0.1) is 12.0 Å². The van der Waals surface area contributed by atoms with Crippen molar-refractivity contribution in [2.75, 3.05) is 12.8 Å². The lowest BCUT2D eigenvalue weighted by Gasteiger charge is -2.01. The van der Waals surface area contributed by atoms with Crippen molar-refractivity contribution in [3.8, 4) is 11.6 Å². The molecule has 2 heterocycles. The average Bonchev–Trinajstić information content (AvgIpc) is 2.95. The van der Waals surface area contributed by atoms with E-state index in [1.165, 1.54) is 11.8 Å². The maximum Gasteiger partial charge on any atom is 0.230 e. The molecule has 2 aromatic rings. The summed E-state index contributed by atoms with van der Waals surface area (Å²) in [4.78, 5) is 11.1. The van der Waals surface area contributed by atoms with Crippen LogP contribution in [0.1, 0.15) is 0 Å². The molecule has 0 radical (unpaired) electrons. The van der Waals surface area contributed by atoms with E-state index >= 15 is 0 Å². The van der Waals surface area contributed by atoms with Crippen LogP contribution < -0.4 is 5.32 Å². The van der Waals surface area contributed by atoms with Gasteiger partial charge in [-0.15, -0.1) is 10.2 Å². The summed E-state index contributed by atoms with van der Waals surface area (Å²) < 4.78 is 7.05. The van der Waals surface area contributed by atoms with Gasteiger partial charge in [0, 0.05) is 14.1 Å². The number of carbonyl (C=O) groups is 1. The summed E-state index contributed by atoms with van der Waals surface area (Å²) in [5, 5.41) is 11.3. The molecule has 0 aromatic carbocycles. The Hall–Kier alpha value is -1.76. The summed E-state index contributed by atoms with van der Waals surface area (Å²) in [5.74, 6) is 1.58. The van der Waals surface area contributed by atoms with Crippen LogP contribution in [0.4, 0.5) is 0 Å². The van der Waals surface area contributed by atoms with E-state index in [4.69, 9.17) is 4.42 Å². The van der Waals surface area contributed by atoms with E-state index in [9.17, 15) is 4.79 Å². The SMILES string of the molecule is CNC(=O)CSc1nnc(-c2ccco2)n1C. The van der Waals surface area contributed by atoms with Crippen LogP contribution in [-0.2, 0) is 11.8 Å². The number of aromatic nitrogens is 3. The van der Waals surface area contributed by atoms with Crippen molar-refractivity contribution < 1.29 is 9.21 Å². The maximum absolute atomic E-state index is 11.1. The highest BCUT2D eigenvalue weighted by atomic mass is 32.2. The Balaban J connectivity index is 2.13. The van der Waals surface area contributed by atoms with Crippen LogP contribution >= 0.6 is 11.8 Å². The van der Waals surface area contributed by atoms with Crippen molar-refractivity contribution in [3.05, 3.63) is 18.4 Å². The molecular weight excluding hydrogens is 240 g/mol. The first kappa shape index (κ1) is 11.7. The van der Waals surface area contributed by atoms with E-state index in [1.807, 2.05) is 13.1 Å². The molecule has 0 aliphatic rings. The average molecular weight is 252 g/mol. The topological polar surface area (TPSA) is 73.0 Å². The highest BCUT2D eigenvalue weighted by molar-refractivity contribution is 7.99. The Morgan fingerprint density at radius 1 is 1.59 bits per heavy atom. The monoisotopic (exact) mass is 252 g/mol. The summed E-state index contributed by atoms with van der Waals surface area (Å²) in [7, 11) is 3.44. The molecule has 90 valence electrons. The number of carbonyl (C=O) groups excluding carboxylic acids is 1. The van der Waals surface area contributed by atoms with E-state index in [-0.39, 0.29) is 5.91 Å². The van der Waals surface area contributed by atoms with Crippen molar-refractivity contribution >= 4 is 17.7 Å². The van der Waals surface area contributed by atoms with Crippen molar-refractivity contribution in [3.63, 3.8) is 0 Å². The van der Waals surface area contributed by atoms with Gasteiger partial charge in [-0.2, -0.15) is 0 Å². The van der Waals surface area contributed by atoms with Crippen LogP contribution in [-0.4, -0.2) is 33.5 Å². The van der Waals surface area contributed by atoms with Gasteiger partial charge in [-0.25, -0.2) is 0 Å². The smallest absolute Gasteiger partial charge is 0.230 e. The zero-order valence-electron chi connectivity index (χ0n) is 9.51. The molecule has 0 saturated carbocycles. The maximum atomic E-state index is 11.1. The van der Waals surface area contributed by atoms with Crippen LogP contribution in [0.5, 0.6) is 0 Å². The molecule has 17 heavy (non-hydrogen) atoms. The molecule has 1 amide bonds. The quantitative estimate of drug-likeness (QED) is 0.819. The van der Waals surface area contributed by atoms with Crippen LogP contribution in [0.3, 0.4) is 0 Å². The minimum Gasteiger partial charge on any atom is -0.461 e. The second kappa shape index (κ2) is 5.05. The minimum atomic E-state index is -0.0439. The fourth-order valence-corrected chi connectivity index (χ4v) is 2.05. The summed E-state index contributed by atoms with van der Waals surface area (Å²) in [6.07, 6.45) is 1.58. The molecule has 0 bridgehead atoms. The highest BCUT2D eigenvalue weighted by Gasteiger charge is 2.13. The van der Waals surface area contributed by atoms with E-state index in [1.54, 1.807) is 23.9 Å². The lowest BCUT2D eigenvalue weighted by molar-refractivity contribution is -0.118. The molecule has 7 heteroatoms. The van der Waals surface area contributed by atoms with E-state index < -0.39 is 0 Å². The van der Waals surface area contributed by atoms with Crippen LogP contribution in [0.15, 0.2) is 28.0 Å². The van der Waals surface area contributed by atoms with Gasteiger partial charge in [-0.1, -0.05) is 11.8 Å². The van der Waals surface area contributed by atoms with E-state index in [0.29, 0.717) is 22.5 Å². The van der Waals surface area contributed by atoms with Crippen molar-refractivity contribution in [1.82, 2.24) is 20.1 Å². The molecule has 1 N–H and O–H groups in total. The largest absolute Gasteiger partial charge is 0.461 e. The van der Waals surface area contributed by atoms with Gasteiger partial charge in [0.25, 0.3) is 0 Å². The van der Waals surface area contributed by atoms with E-state index in [2.05, 4.69) is 15.5 Å². The lowest BCUT2D eigenvalue weighted by atomic mass is 10.4. The lowest BCUT2D eigenvalue weighted by Crippen LogP contribution is -2.20. The van der Waals surface area contributed by atoms with Gasteiger partial charge < -0.3 is 14.3 Å². The Kier molecular flexibility index (Phi) is 3.48. The van der Waals surface area contributed by atoms with Gasteiger partial charge in [0.15, 0.2) is 16.7 Å². The van der Waals surface area contributed by atoms with Gasteiger partial charge in [-0.3, -0.25) is 4.79 Å². The molecule has 0 aliphatic heterocycles. The van der Waals surface area contributed by atoms with Crippen molar-refractivity contribution in [2.45, 2.75) is 5.16 Å². The summed E-state index contributed by atoms with van der Waals surface area (Å²) in [6.45, 7) is 0. The first-order valence-corrected chi connectivity index (χ1v) is 5.97. The predicted octanol–water partition coefficient (Wildman–Crippen LogP) is 0.913. The molecule has 0 spiro atoms. The third kappa shape index (κ3) is 2.50. The Bertz CT molecular complexity index is 506. The third-order valence-corrected chi connectivity index (χ3v) is 3.21. The standard InChI is InChI=1S/C10H12N4O2S/c1-11-8(15)6-17-10-13-12-9(14(10)2)7-4-3-5-16-7/h3-5H,6H2,1-2H3,(H,11,15). The minimum absolute atomic E-state index is 0.0439. The van der Waals surface area contributed by atoms with Crippen LogP contribution in [0, 0.1) is 0 Å². The first-order valence-electron chi connectivity index (χ1n) is 4.99. The molecule has 0 aliphatic carbocycles. The number of rotatable bonds is 4. The fraction of sp³-hybridized carbons (Fsp3) is 0.300. The molecule has 0 unspecified atom stereocenters. The number of nitrogens with zero attached hydrogens (tertiary/aromatic N) is 3. The highest BCUT2D eigenvalue weighted by Crippen LogP contribution is 2.22. The molecule has 2 aromatic heterocycles. The first-order chi connectivity index (χ1) is 8.22. The Morgan fingerprint density at radius 3 is 3.06 bits per heavy atom. The summed E-state index contributed by atoms with van der Waals surface area (Å²) in [6, 6.07) is 3.61. The zero-order valence-corrected chi connectivity index (χ0v) is 10.3. The molecule has 0 saturated heterocycles. The number of hydrogen-bond donors (Lipinski definition) is 1. The van der Waals surface area contributed by atoms with Gasteiger partial charge >= 0.3 is 0 Å². The second-order valence-electron chi connectivity index (χ2n) is 3.30. The van der Waals surface area contributed by atoms with Crippen molar-refractivity contribution in [2.24, 2.45) is 7.05 Å². The van der Waals surface area contributed by atoms with E-state index in [0.717, 1.165) is 0 Å². The number of thioether (sulfide) groups is 1. The van der Waals surface area contributed by atoms with Gasteiger partial charge in [-0.05, 0) is 12.1 Å². The molecule has 0 fully saturated rings.